The number of hydrogen-bond donors (Lipinski definition) is 2. The molecular formula is C15H22O3. The third-order valence-corrected chi connectivity index (χ3v) is 6.28. The van der Waals surface area contributed by atoms with Crippen LogP contribution in [0.3, 0.4) is 0 Å². The molecule has 0 amide bonds. The van der Waals surface area contributed by atoms with E-state index in [1.165, 1.54) is 12.8 Å². The van der Waals surface area contributed by atoms with Crippen LogP contribution in [0.15, 0.2) is 11.1 Å². The summed E-state index contributed by atoms with van der Waals surface area (Å²) in [5.41, 5.74) is 1.45. The van der Waals surface area contributed by atoms with Crippen LogP contribution in [-0.4, -0.2) is 22.8 Å². The second-order valence-electron chi connectivity index (χ2n) is 6.79. The number of aliphatic hydroxyl groups is 1. The minimum Gasteiger partial charge on any atom is -0.478 e. The van der Waals surface area contributed by atoms with E-state index in [1.807, 2.05) is 0 Å². The molecule has 0 aliphatic heterocycles. The van der Waals surface area contributed by atoms with E-state index in [-0.39, 0.29) is 17.4 Å². The first-order valence-corrected chi connectivity index (χ1v) is 7.03. The molecule has 1 spiro atoms. The molecule has 0 aromatic heterocycles. The lowest BCUT2D eigenvalue weighted by Gasteiger charge is -2.41. The molecule has 0 unspecified atom stereocenters. The molecule has 0 aromatic rings. The van der Waals surface area contributed by atoms with E-state index < -0.39 is 5.97 Å². The zero-order chi connectivity index (χ0) is 13.1. The molecule has 0 heterocycles. The first kappa shape index (κ1) is 12.2. The Morgan fingerprint density at radius 3 is 2.72 bits per heavy atom. The predicted molar refractivity (Wildman–Crippen MR) is 68.0 cm³/mol. The van der Waals surface area contributed by atoms with Crippen molar-refractivity contribution in [3.8, 4) is 0 Å². The summed E-state index contributed by atoms with van der Waals surface area (Å²) in [6.07, 6.45) is 5.22. The van der Waals surface area contributed by atoms with Crippen LogP contribution < -0.4 is 0 Å². The fourth-order valence-electron chi connectivity index (χ4n) is 5.50. The summed E-state index contributed by atoms with van der Waals surface area (Å²) in [5.74, 6) is 0.436. The van der Waals surface area contributed by atoms with E-state index in [0.717, 1.165) is 18.4 Å². The molecule has 3 heteroatoms. The van der Waals surface area contributed by atoms with Crippen molar-refractivity contribution in [3.05, 3.63) is 11.1 Å². The largest absolute Gasteiger partial charge is 0.478 e. The zero-order valence-corrected chi connectivity index (χ0v) is 11.2. The highest BCUT2D eigenvalue weighted by Gasteiger charge is 2.66. The Morgan fingerprint density at radius 1 is 1.39 bits per heavy atom. The lowest BCUT2D eigenvalue weighted by Crippen LogP contribution is -2.36. The van der Waals surface area contributed by atoms with Crippen molar-refractivity contribution >= 4 is 5.97 Å². The summed E-state index contributed by atoms with van der Waals surface area (Å²) in [6.45, 7) is 4.47. The van der Waals surface area contributed by atoms with Crippen molar-refractivity contribution in [1.29, 1.82) is 0 Å². The summed E-state index contributed by atoms with van der Waals surface area (Å²) in [7, 11) is 0. The highest BCUT2D eigenvalue weighted by atomic mass is 16.4. The highest BCUT2D eigenvalue weighted by Crippen LogP contribution is 2.73. The van der Waals surface area contributed by atoms with Crippen LogP contribution in [0.4, 0.5) is 0 Å². The number of aliphatic hydroxyl groups excluding tert-OH is 1. The quantitative estimate of drug-likeness (QED) is 0.792. The van der Waals surface area contributed by atoms with E-state index in [4.69, 9.17) is 0 Å². The van der Waals surface area contributed by atoms with Crippen molar-refractivity contribution in [1.82, 2.24) is 0 Å². The van der Waals surface area contributed by atoms with Crippen molar-refractivity contribution in [2.45, 2.75) is 46.0 Å². The zero-order valence-electron chi connectivity index (χ0n) is 11.2. The van der Waals surface area contributed by atoms with Gasteiger partial charge in [0, 0.05) is 11.0 Å². The lowest BCUT2D eigenvalue weighted by molar-refractivity contribution is -0.133. The molecule has 3 aliphatic carbocycles. The van der Waals surface area contributed by atoms with Gasteiger partial charge in [0.05, 0.1) is 6.61 Å². The molecule has 4 atom stereocenters. The highest BCUT2D eigenvalue weighted by molar-refractivity contribution is 5.89. The molecular weight excluding hydrogens is 228 g/mol. The monoisotopic (exact) mass is 250 g/mol. The third kappa shape index (κ3) is 1.16. The number of carbonyl (C=O) groups is 1. The first-order valence-electron chi connectivity index (χ1n) is 7.03. The van der Waals surface area contributed by atoms with E-state index in [1.54, 1.807) is 0 Å². The van der Waals surface area contributed by atoms with Crippen LogP contribution in [0.25, 0.3) is 0 Å². The van der Waals surface area contributed by atoms with Crippen molar-refractivity contribution in [3.63, 3.8) is 0 Å². The smallest absolute Gasteiger partial charge is 0.331 e. The summed E-state index contributed by atoms with van der Waals surface area (Å²) in [6, 6.07) is 0. The third-order valence-electron chi connectivity index (χ3n) is 6.28. The van der Waals surface area contributed by atoms with E-state index in [9.17, 15) is 15.0 Å². The maximum atomic E-state index is 11.4. The molecule has 0 radical (unpaired) electrons. The van der Waals surface area contributed by atoms with Crippen molar-refractivity contribution in [2.75, 3.05) is 6.61 Å². The predicted octanol–water partition coefficient (Wildman–Crippen LogP) is 2.60. The first-order chi connectivity index (χ1) is 8.46. The average molecular weight is 250 g/mol. The van der Waals surface area contributed by atoms with Gasteiger partial charge >= 0.3 is 5.97 Å². The van der Waals surface area contributed by atoms with Crippen LogP contribution in [-0.2, 0) is 4.79 Å². The number of carboxylic acids is 1. The van der Waals surface area contributed by atoms with Gasteiger partial charge in [0.2, 0.25) is 0 Å². The normalized spacial score (nSPS) is 46.4. The Balaban J connectivity index is 2.16. The van der Waals surface area contributed by atoms with Gasteiger partial charge in [-0.15, -0.1) is 0 Å². The minimum atomic E-state index is -0.817. The van der Waals surface area contributed by atoms with Gasteiger partial charge in [-0.25, -0.2) is 4.79 Å². The van der Waals surface area contributed by atoms with Gasteiger partial charge in [-0.3, -0.25) is 0 Å². The lowest BCUT2D eigenvalue weighted by atomic mass is 9.63. The fourth-order valence-corrected chi connectivity index (χ4v) is 5.50. The van der Waals surface area contributed by atoms with E-state index in [2.05, 4.69) is 13.8 Å². The summed E-state index contributed by atoms with van der Waals surface area (Å²) < 4.78 is 0. The number of hydrogen-bond acceptors (Lipinski definition) is 2. The number of rotatable bonds is 2. The molecule has 0 aromatic carbocycles. The molecule has 3 nitrogen and oxygen atoms in total. The Hall–Kier alpha value is -0.830. The van der Waals surface area contributed by atoms with Gasteiger partial charge in [-0.05, 0) is 54.9 Å². The molecule has 18 heavy (non-hydrogen) atoms. The second kappa shape index (κ2) is 3.60. The molecule has 0 saturated heterocycles. The minimum absolute atomic E-state index is 0.00507. The van der Waals surface area contributed by atoms with Crippen LogP contribution in [0.2, 0.25) is 0 Å². The SMILES string of the molecule is C[C@@H]1CC[C@@]23C(CO)=C(C(=O)O)C[C@]2(C)CC[C@@H]13. The Kier molecular flexibility index (Phi) is 2.44. The van der Waals surface area contributed by atoms with Gasteiger partial charge in [-0.2, -0.15) is 0 Å². The van der Waals surface area contributed by atoms with Crippen LogP contribution in [0.1, 0.15) is 46.0 Å². The Morgan fingerprint density at radius 2 is 2.11 bits per heavy atom. The van der Waals surface area contributed by atoms with Gasteiger partial charge in [0.1, 0.15) is 0 Å². The Bertz CT molecular complexity index is 439. The van der Waals surface area contributed by atoms with E-state index in [0.29, 0.717) is 23.8 Å². The summed E-state index contributed by atoms with van der Waals surface area (Å²) in [5, 5.41) is 19.2. The Labute approximate surface area is 108 Å². The molecule has 3 rings (SSSR count). The fraction of sp³-hybridized carbons (Fsp3) is 0.800. The number of aliphatic carboxylic acids is 1. The van der Waals surface area contributed by atoms with Gasteiger partial charge in [0.15, 0.2) is 0 Å². The van der Waals surface area contributed by atoms with Crippen LogP contribution in [0, 0.1) is 22.7 Å². The van der Waals surface area contributed by atoms with Gasteiger partial charge in [0.25, 0.3) is 0 Å². The molecule has 2 fully saturated rings. The van der Waals surface area contributed by atoms with E-state index >= 15 is 0 Å². The molecule has 0 bridgehead atoms. The average Bonchev–Trinajstić information content (AvgIpc) is 2.85. The maximum Gasteiger partial charge on any atom is 0.331 e. The standard InChI is InChI=1S/C15H22O3/c1-9-3-6-15-11(9)4-5-14(15,2)7-10(13(17)18)12(15)8-16/h9,11,16H,3-8H2,1-2H3,(H,17,18)/t9-,11+,14+,15-/m1/s1. The second-order valence-corrected chi connectivity index (χ2v) is 6.79. The molecule has 2 saturated carbocycles. The van der Waals surface area contributed by atoms with Crippen molar-refractivity contribution in [2.24, 2.45) is 22.7 Å². The maximum absolute atomic E-state index is 11.4. The van der Waals surface area contributed by atoms with Gasteiger partial charge < -0.3 is 10.2 Å². The van der Waals surface area contributed by atoms with Crippen LogP contribution in [0.5, 0.6) is 0 Å². The molecule has 3 aliphatic rings. The number of carboxylic acid groups (broad SMARTS) is 1. The topological polar surface area (TPSA) is 57.5 Å². The van der Waals surface area contributed by atoms with Crippen molar-refractivity contribution < 1.29 is 15.0 Å². The summed E-state index contributed by atoms with van der Waals surface area (Å²) in [4.78, 5) is 11.4. The van der Waals surface area contributed by atoms with Gasteiger partial charge in [-0.1, -0.05) is 13.8 Å². The molecule has 2 N–H and O–H groups in total. The molecule has 100 valence electrons. The van der Waals surface area contributed by atoms with Crippen LogP contribution >= 0.6 is 0 Å². The summed E-state index contributed by atoms with van der Waals surface area (Å²) >= 11 is 0.